The lowest BCUT2D eigenvalue weighted by atomic mass is 9.89. The largest absolute Gasteiger partial charge is 0.497 e. The summed E-state index contributed by atoms with van der Waals surface area (Å²) in [4.78, 5) is 41.3. The molecule has 9 nitrogen and oxygen atoms in total. The highest BCUT2D eigenvalue weighted by Gasteiger charge is 2.34. The van der Waals surface area contributed by atoms with Crippen LogP contribution in [-0.4, -0.2) is 66.7 Å². The number of carbonyl (C=O) groups is 3. The highest BCUT2D eigenvalue weighted by atomic mass is 16.5. The number of amides is 3. The SMILES string of the molecule is COc1cc2c(c(OC)c1)C(C)C=C(C1CCN(C(=O)c3cc(C)cc(C)c3)CC1)N(C(=O)NCC(=O)O)C2. The van der Waals surface area contributed by atoms with E-state index in [0.717, 1.165) is 28.0 Å². The Balaban J connectivity index is 1.62. The maximum atomic E-state index is 13.3. The van der Waals surface area contributed by atoms with E-state index in [9.17, 15) is 14.4 Å². The fourth-order valence-corrected chi connectivity index (χ4v) is 5.73. The normalized spacial score (nSPS) is 17.6. The molecule has 0 spiro atoms. The van der Waals surface area contributed by atoms with Crippen molar-refractivity contribution in [2.45, 2.75) is 46.1 Å². The number of piperidine rings is 1. The molecule has 0 aliphatic carbocycles. The summed E-state index contributed by atoms with van der Waals surface area (Å²) in [6.45, 7) is 6.94. The van der Waals surface area contributed by atoms with E-state index in [4.69, 9.17) is 14.6 Å². The van der Waals surface area contributed by atoms with Gasteiger partial charge in [-0.3, -0.25) is 14.5 Å². The molecule has 208 valence electrons. The molecule has 2 aromatic carbocycles. The zero-order chi connectivity index (χ0) is 28.3. The number of likely N-dealkylation sites (tertiary alicyclic amines) is 1. The van der Waals surface area contributed by atoms with Crippen molar-refractivity contribution < 1.29 is 29.0 Å². The molecule has 0 radical (unpaired) electrons. The van der Waals surface area contributed by atoms with Gasteiger partial charge in [-0.2, -0.15) is 0 Å². The van der Waals surface area contributed by atoms with E-state index < -0.39 is 18.5 Å². The van der Waals surface area contributed by atoms with Crippen LogP contribution in [0.25, 0.3) is 0 Å². The number of aryl methyl sites for hydroxylation is 2. The smallest absolute Gasteiger partial charge is 0.323 e. The first-order valence-electron chi connectivity index (χ1n) is 13.2. The van der Waals surface area contributed by atoms with Crippen LogP contribution >= 0.6 is 0 Å². The van der Waals surface area contributed by atoms with Gasteiger partial charge in [-0.05, 0) is 50.5 Å². The molecule has 0 aromatic heterocycles. The summed E-state index contributed by atoms with van der Waals surface area (Å²) in [7, 11) is 3.19. The Morgan fingerprint density at radius 2 is 1.67 bits per heavy atom. The van der Waals surface area contributed by atoms with Crippen molar-refractivity contribution >= 4 is 17.9 Å². The molecular formula is C30H37N3O6. The van der Waals surface area contributed by atoms with E-state index in [0.29, 0.717) is 43.0 Å². The molecule has 2 aromatic rings. The number of urea groups is 1. The van der Waals surface area contributed by atoms with Gasteiger partial charge in [0.2, 0.25) is 0 Å². The fourth-order valence-electron chi connectivity index (χ4n) is 5.73. The van der Waals surface area contributed by atoms with Gasteiger partial charge < -0.3 is 24.8 Å². The van der Waals surface area contributed by atoms with E-state index in [2.05, 4.69) is 24.4 Å². The molecule has 3 amide bonds. The van der Waals surface area contributed by atoms with Crippen LogP contribution in [0.4, 0.5) is 4.79 Å². The monoisotopic (exact) mass is 535 g/mol. The maximum Gasteiger partial charge on any atom is 0.323 e. The Morgan fingerprint density at radius 3 is 2.26 bits per heavy atom. The molecule has 2 heterocycles. The Bertz CT molecular complexity index is 1280. The Hall–Kier alpha value is -4.01. The van der Waals surface area contributed by atoms with Crippen LogP contribution in [0.3, 0.4) is 0 Å². The molecule has 2 aliphatic rings. The van der Waals surface area contributed by atoms with Crippen molar-refractivity contribution in [2.75, 3.05) is 33.9 Å². The minimum absolute atomic E-state index is 0.0174. The van der Waals surface area contributed by atoms with Crippen LogP contribution in [0.15, 0.2) is 42.1 Å². The number of carboxylic acids is 1. The average Bonchev–Trinajstić information content (AvgIpc) is 3.06. The summed E-state index contributed by atoms with van der Waals surface area (Å²) in [5.74, 6) is 0.152. The first kappa shape index (κ1) is 28.0. The minimum Gasteiger partial charge on any atom is -0.497 e. The number of carbonyl (C=O) groups excluding carboxylic acids is 2. The molecule has 0 saturated carbocycles. The summed E-state index contributed by atoms with van der Waals surface area (Å²) in [5, 5.41) is 11.7. The van der Waals surface area contributed by atoms with Crippen LogP contribution in [0, 0.1) is 19.8 Å². The second-order valence-electron chi connectivity index (χ2n) is 10.4. The molecule has 1 fully saturated rings. The molecule has 9 heteroatoms. The van der Waals surface area contributed by atoms with E-state index in [1.54, 1.807) is 19.1 Å². The number of methoxy groups -OCH3 is 2. The van der Waals surface area contributed by atoms with E-state index in [1.807, 2.05) is 43.0 Å². The van der Waals surface area contributed by atoms with E-state index in [1.165, 1.54) is 0 Å². The third-order valence-corrected chi connectivity index (χ3v) is 7.48. The molecule has 2 aliphatic heterocycles. The van der Waals surface area contributed by atoms with Crippen molar-refractivity contribution in [2.24, 2.45) is 5.92 Å². The van der Waals surface area contributed by atoms with Gasteiger partial charge >= 0.3 is 12.0 Å². The second kappa shape index (κ2) is 11.8. The average molecular weight is 536 g/mol. The number of allylic oxidation sites excluding steroid dienone is 2. The number of fused-ring (bicyclic) bond motifs is 1. The number of ether oxygens (including phenoxy) is 2. The first-order chi connectivity index (χ1) is 18.6. The fraction of sp³-hybridized carbons (Fsp3) is 0.433. The van der Waals surface area contributed by atoms with Gasteiger partial charge in [-0.1, -0.05) is 30.2 Å². The Kier molecular flexibility index (Phi) is 8.47. The van der Waals surface area contributed by atoms with Gasteiger partial charge in [-0.25, -0.2) is 4.79 Å². The standard InChI is InChI=1S/C30H37N3O6/c1-18-10-19(2)12-22(11-18)29(36)32-8-6-21(7-9-32)25-13-20(3)28-23(14-24(38-4)15-26(28)39-5)17-33(25)30(37)31-16-27(34)35/h10-15,20-21H,6-9,16-17H2,1-5H3,(H,31,37)(H,34,35). The number of carboxylic acid groups (broad SMARTS) is 1. The number of benzene rings is 2. The molecule has 1 atom stereocenters. The number of nitrogens with one attached hydrogen (secondary N) is 1. The van der Waals surface area contributed by atoms with Crippen molar-refractivity contribution in [1.29, 1.82) is 0 Å². The lowest BCUT2D eigenvalue weighted by Crippen LogP contribution is -2.45. The Labute approximate surface area is 229 Å². The molecule has 0 bridgehead atoms. The molecule has 2 N–H and O–H groups in total. The summed E-state index contributed by atoms with van der Waals surface area (Å²) in [6.07, 6.45) is 3.45. The molecule has 1 unspecified atom stereocenters. The number of nitrogens with zero attached hydrogens (tertiary/aromatic N) is 2. The number of hydrogen-bond donors (Lipinski definition) is 2. The van der Waals surface area contributed by atoms with Crippen molar-refractivity contribution in [1.82, 2.24) is 15.1 Å². The predicted octanol–water partition coefficient (Wildman–Crippen LogP) is 4.47. The highest BCUT2D eigenvalue weighted by molar-refractivity contribution is 5.94. The van der Waals surface area contributed by atoms with Crippen LogP contribution in [0.5, 0.6) is 11.5 Å². The molecule has 4 rings (SSSR count). The molecule has 1 saturated heterocycles. The topological polar surface area (TPSA) is 108 Å². The van der Waals surface area contributed by atoms with E-state index in [-0.39, 0.29) is 24.3 Å². The van der Waals surface area contributed by atoms with Gasteiger partial charge in [0, 0.05) is 47.8 Å². The van der Waals surface area contributed by atoms with Crippen LogP contribution in [0.1, 0.15) is 58.3 Å². The zero-order valence-electron chi connectivity index (χ0n) is 23.2. The van der Waals surface area contributed by atoms with Crippen molar-refractivity contribution in [3.8, 4) is 11.5 Å². The number of rotatable bonds is 6. The number of aliphatic carboxylic acids is 1. The van der Waals surface area contributed by atoms with Crippen LogP contribution < -0.4 is 14.8 Å². The van der Waals surface area contributed by atoms with Gasteiger partial charge in [0.15, 0.2) is 0 Å². The summed E-state index contributed by atoms with van der Waals surface area (Å²) in [5.41, 5.74) is 5.48. The van der Waals surface area contributed by atoms with Crippen molar-refractivity contribution in [3.63, 3.8) is 0 Å². The van der Waals surface area contributed by atoms with E-state index >= 15 is 0 Å². The first-order valence-corrected chi connectivity index (χ1v) is 13.2. The summed E-state index contributed by atoms with van der Waals surface area (Å²) in [6, 6.07) is 9.15. The van der Waals surface area contributed by atoms with Gasteiger partial charge in [0.05, 0.1) is 20.8 Å². The predicted molar refractivity (Wildman–Crippen MR) is 147 cm³/mol. The Morgan fingerprint density at radius 1 is 1.00 bits per heavy atom. The van der Waals surface area contributed by atoms with Gasteiger partial charge in [0.1, 0.15) is 18.0 Å². The second-order valence-corrected chi connectivity index (χ2v) is 10.4. The van der Waals surface area contributed by atoms with Gasteiger partial charge in [0.25, 0.3) is 5.91 Å². The van der Waals surface area contributed by atoms with Crippen LogP contribution in [0.2, 0.25) is 0 Å². The quantitative estimate of drug-likeness (QED) is 0.565. The number of hydrogen-bond acceptors (Lipinski definition) is 5. The maximum absolute atomic E-state index is 13.3. The lowest BCUT2D eigenvalue weighted by Gasteiger charge is -2.37. The summed E-state index contributed by atoms with van der Waals surface area (Å²) >= 11 is 0. The highest BCUT2D eigenvalue weighted by Crippen LogP contribution is 2.41. The molecular weight excluding hydrogens is 498 g/mol. The van der Waals surface area contributed by atoms with Crippen LogP contribution in [-0.2, 0) is 11.3 Å². The lowest BCUT2D eigenvalue weighted by molar-refractivity contribution is -0.135. The van der Waals surface area contributed by atoms with Gasteiger partial charge in [-0.15, -0.1) is 0 Å². The van der Waals surface area contributed by atoms with Crippen molar-refractivity contribution in [3.05, 3.63) is 69.9 Å². The zero-order valence-corrected chi connectivity index (χ0v) is 23.2. The minimum atomic E-state index is -1.11. The molecule has 39 heavy (non-hydrogen) atoms. The third-order valence-electron chi connectivity index (χ3n) is 7.48. The summed E-state index contributed by atoms with van der Waals surface area (Å²) < 4.78 is 11.2. The third kappa shape index (κ3) is 6.19.